The number of rotatable bonds is 4. The summed E-state index contributed by atoms with van der Waals surface area (Å²) in [6.07, 6.45) is 2.93. The molecule has 98 valence electrons. The second-order valence-corrected chi connectivity index (χ2v) is 5.22. The molecule has 2 nitrogen and oxygen atoms in total. The second kappa shape index (κ2) is 5.37. The van der Waals surface area contributed by atoms with Crippen LogP contribution in [0.3, 0.4) is 0 Å². The van der Waals surface area contributed by atoms with Crippen molar-refractivity contribution in [1.82, 2.24) is 5.32 Å². The van der Waals surface area contributed by atoms with Crippen LogP contribution in [0.5, 0.6) is 0 Å². The van der Waals surface area contributed by atoms with Crippen molar-refractivity contribution in [2.75, 3.05) is 6.54 Å². The number of hydrogen-bond donors (Lipinski definition) is 1. The molecule has 0 bridgehead atoms. The second-order valence-electron chi connectivity index (χ2n) is 4.81. The number of nitrogens with one attached hydrogen (secondary N) is 1. The first-order valence-corrected chi connectivity index (χ1v) is 6.67. The van der Waals surface area contributed by atoms with Crippen molar-refractivity contribution >= 4 is 17.4 Å². The first-order valence-electron chi connectivity index (χ1n) is 6.29. The zero-order valence-electron chi connectivity index (χ0n) is 10.4. The van der Waals surface area contributed by atoms with Crippen molar-refractivity contribution in [2.45, 2.75) is 38.1 Å². The lowest BCUT2D eigenvalue weighted by Gasteiger charge is -2.26. The standard InChI is InChI=1S/C14H17ClFNO/c1-2-14(6-3-7-17-14)13(18)9-10-4-5-11(15)12(16)8-10/h4-5,8,17H,2-3,6-7,9H2,1H3. The summed E-state index contributed by atoms with van der Waals surface area (Å²) in [5, 5.41) is 3.39. The fourth-order valence-electron chi connectivity index (χ4n) is 2.55. The van der Waals surface area contributed by atoms with Gasteiger partial charge in [-0.15, -0.1) is 0 Å². The molecule has 1 fully saturated rings. The maximum absolute atomic E-state index is 13.3. The maximum Gasteiger partial charge on any atom is 0.157 e. The van der Waals surface area contributed by atoms with Crippen molar-refractivity contribution < 1.29 is 9.18 Å². The fourth-order valence-corrected chi connectivity index (χ4v) is 2.66. The number of ketones is 1. The highest BCUT2D eigenvalue weighted by Gasteiger charge is 2.38. The van der Waals surface area contributed by atoms with Gasteiger partial charge in [0.2, 0.25) is 0 Å². The molecule has 1 aliphatic heterocycles. The van der Waals surface area contributed by atoms with E-state index in [2.05, 4.69) is 5.32 Å². The summed E-state index contributed by atoms with van der Waals surface area (Å²) >= 11 is 5.63. The number of hydrogen-bond acceptors (Lipinski definition) is 2. The van der Waals surface area contributed by atoms with Gasteiger partial charge in [0.25, 0.3) is 0 Å². The number of halogens is 2. The van der Waals surface area contributed by atoms with Gasteiger partial charge in [-0.3, -0.25) is 4.79 Å². The minimum Gasteiger partial charge on any atom is -0.305 e. The average molecular weight is 270 g/mol. The van der Waals surface area contributed by atoms with Crippen LogP contribution in [0.4, 0.5) is 4.39 Å². The maximum atomic E-state index is 13.3. The van der Waals surface area contributed by atoms with Gasteiger partial charge >= 0.3 is 0 Å². The summed E-state index contributed by atoms with van der Waals surface area (Å²) in [5.74, 6) is -0.323. The molecule has 0 aliphatic carbocycles. The van der Waals surface area contributed by atoms with Crippen molar-refractivity contribution in [3.63, 3.8) is 0 Å². The minimum absolute atomic E-state index is 0.0930. The van der Waals surface area contributed by atoms with Gasteiger partial charge < -0.3 is 5.32 Å². The Morgan fingerprint density at radius 3 is 2.89 bits per heavy atom. The van der Waals surface area contributed by atoms with Gasteiger partial charge in [-0.05, 0) is 43.5 Å². The highest BCUT2D eigenvalue weighted by Crippen LogP contribution is 2.26. The minimum atomic E-state index is -0.466. The van der Waals surface area contributed by atoms with E-state index in [1.54, 1.807) is 6.07 Å². The summed E-state index contributed by atoms with van der Waals surface area (Å²) < 4.78 is 13.3. The highest BCUT2D eigenvalue weighted by molar-refractivity contribution is 6.30. The summed E-state index contributed by atoms with van der Waals surface area (Å²) in [7, 11) is 0. The number of benzene rings is 1. The van der Waals surface area contributed by atoms with Gasteiger partial charge in [-0.2, -0.15) is 0 Å². The van der Waals surface area contributed by atoms with E-state index >= 15 is 0 Å². The third-order valence-electron chi connectivity index (χ3n) is 3.73. The first kappa shape index (κ1) is 13.5. The molecule has 0 saturated carbocycles. The molecule has 1 heterocycles. The Labute approximate surface area is 112 Å². The number of carbonyl (C=O) groups excluding carboxylic acids is 1. The molecule has 1 saturated heterocycles. The molecule has 0 amide bonds. The highest BCUT2D eigenvalue weighted by atomic mass is 35.5. The van der Waals surface area contributed by atoms with E-state index < -0.39 is 11.4 Å². The number of carbonyl (C=O) groups is 1. The molecule has 0 radical (unpaired) electrons. The Balaban J connectivity index is 2.13. The zero-order chi connectivity index (χ0) is 13.2. The summed E-state index contributed by atoms with van der Waals surface area (Å²) in [5.41, 5.74) is 0.277. The molecule has 18 heavy (non-hydrogen) atoms. The molecule has 4 heteroatoms. The smallest absolute Gasteiger partial charge is 0.157 e. The molecule has 1 atom stereocenters. The lowest BCUT2D eigenvalue weighted by molar-refractivity contribution is -0.124. The normalized spacial score (nSPS) is 23.3. The summed E-state index contributed by atoms with van der Waals surface area (Å²) in [4.78, 5) is 12.3. The predicted molar refractivity (Wildman–Crippen MR) is 70.4 cm³/mol. The van der Waals surface area contributed by atoms with Crippen LogP contribution in [0, 0.1) is 5.82 Å². The van der Waals surface area contributed by atoms with Crippen molar-refractivity contribution in [2.24, 2.45) is 0 Å². The Kier molecular flexibility index (Phi) is 4.03. The molecular formula is C14H17ClFNO. The van der Waals surface area contributed by atoms with Crippen molar-refractivity contribution in [1.29, 1.82) is 0 Å². The molecule has 1 unspecified atom stereocenters. The van der Waals surface area contributed by atoms with Gasteiger partial charge in [0, 0.05) is 6.42 Å². The van der Waals surface area contributed by atoms with E-state index in [4.69, 9.17) is 11.6 Å². The molecule has 1 aromatic rings. The zero-order valence-corrected chi connectivity index (χ0v) is 11.2. The van der Waals surface area contributed by atoms with Gasteiger partial charge in [-0.1, -0.05) is 24.6 Å². The SMILES string of the molecule is CCC1(C(=O)Cc2ccc(Cl)c(F)c2)CCCN1. The van der Waals surface area contributed by atoms with E-state index in [9.17, 15) is 9.18 Å². The van der Waals surface area contributed by atoms with Gasteiger partial charge in [0.15, 0.2) is 5.78 Å². The summed E-state index contributed by atoms with van der Waals surface area (Å²) in [6, 6.07) is 4.56. The van der Waals surface area contributed by atoms with E-state index in [0.717, 1.165) is 25.8 Å². The van der Waals surface area contributed by atoms with Gasteiger partial charge in [0.1, 0.15) is 5.82 Å². The molecule has 0 spiro atoms. The Morgan fingerprint density at radius 2 is 2.33 bits per heavy atom. The first-order chi connectivity index (χ1) is 8.57. The molecular weight excluding hydrogens is 253 g/mol. The molecule has 2 rings (SSSR count). The lowest BCUT2D eigenvalue weighted by Crippen LogP contribution is -2.47. The molecule has 1 aliphatic rings. The van der Waals surface area contributed by atoms with E-state index in [0.29, 0.717) is 5.56 Å². The van der Waals surface area contributed by atoms with Crippen molar-refractivity contribution in [3.8, 4) is 0 Å². The molecule has 0 aromatic heterocycles. The topological polar surface area (TPSA) is 29.1 Å². The van der Waals surface area contributed by atoms with Gasteiger partial charge in [-0.25, -0.2) is 4.39 Å². The van der Waals surface area contributed by atoms with Crippen LogP contribution >= 0.6 is 11.6 Å². The van der Waals surface area contributed by atoms with Crippen molar-refractivity contribution in [3.05, 3.63) is 34.6 Å². The van der Waals surface area contributed by atoms with E-state index in [1.165, 1.54) is 12.1 Å². The molecule has 1 N–H and O–H groups in total. The van der Waals surface area contributed by atoms with E-state index in [-0.39, 0.29) is 17.2 Å². The van der Waals surface area contributed by atoms with Crippen LogP contribution in [-0.2, 0) is 11.2 Å². The lowest BCUT2D eigenvalue weighted by atomic mass is 9.86. The van der Waals surface area contributed by atoms with Crippen LogP contribution in [-0.4, -0.2) is 17.9 Å². The Hall–Kier alpha value is -0.930. The van der Waals surface area contributed by atoms with Crippen LogP contribution in [0.25, 0.3) is 0 Å². The van der Waals surface area contributed by atoms with Crippen LogP contribution in [0.1, 0.15) is 31.7 Å². The predicted octanol–water partition coefficient (Wildman–Crippen LogP) is 3.12. The monoisotopic (exact) mass is 269 g/mol. The quantitative estimate of drug-likeness (QED) is 0.910. The Morgan fingerprint density at radius 1 is 1.56 bits per heavy atom. The third-order valence-corrected chi connectivity index (χ3v) is 4.04. The van der Waals surface area contributed by atoms with Crippen LogP contribution in [0.2, 0.25) is 5.02 Å². The van der Waals surface area contributed by atoms with Gasteiger partial charge in [0.05, 0.1) is 10.6 Å². The van der Waals surface area contributed by atoms with Crippen LogP contribution < -0.4 is 5.32 Å². The van der Waals surface area contributed by atoms with Crippen LogP contribution in [0.15, 0.2) is 18.2 Å². The fraction of sp³-hybridized carbons (Fsp3) is 0.500. The Bertz CT molecular complexity index is 455. The third kappa shape index (κ3) is 2.57. The van der Waals surface area contributed by atoms with E-state index in [1.807, 2.05) is 6.92 Å². The summed E-state index contributed by atoms with van der Waals surface area (Å²) in [6.45, 7) is 2.90. The number of Topliss-reactive ketones (excluding diaryl/α,β-unsaturated/α-hetero) is 1. The average Bonchev–Trinajstić information content (AvgIpc) is 2.84. The molecule has 1 aromatic carbocycles. The largest absolute Gasteiger partial charge is 0.305 e.